The summed E-state index contributed by atoms with van der Waals surface area (Å²) in [5.41, 5.74) is 0. The van der Waals surface area contributed by atoms with Crippen LogP contribution in [0.2, 0.25) is 0 Å². The number of hydrogen-bond donors (Lipinski definition) is 1. The van der Waals surface area contributed by atoms with E-state index < -0.39 is 0 Å². The van der Waals surface area contributed by atoms with Gasteiger partial charge in [-0.2, -0.15) is 0 Å². The minimum atomic E-state index is 0.0848. The fourth-order valence-electron chi connectivity index (χ4n) is 2.15. The van der Waals surface area contributed by atoms with Crippen molar-refractivity contribution in [2.45, 2.75) is 12.5 Å². The van der Waals surface area contributed by atoms with Crippen molar-refractivity contribution < 1.29 is 14.3 Å². The van der Waals surface area contributed by atoms with Gasteiger partial charge in [-0.25, -0.2) is 0 Å². The first-order valence-corrected chi connectivity index (χ1v) is 6.86. The van der Waals surface area contributed by atoms with E-state index >= 15 is 0 Å². The van der Waals surface area contributed by atoms with Gasteiger partial charge in [0.15, 0.2) is 0 Å². The maximum absolute atomic E-state index is 11.8. The van der Waals surface area contributed by atoms with Crippen LogP contribution in [-0.2, 0) is 14.3 Å². The number of carbonyl (C=O) groups is 1. The molecular weight excluding hydrogens is 246 g/mol. The Morgan fingerprint density at radius 3 is 3.00 bits per heavy atom. The quantitative estimate of drug-likeness (QED) is 0.599. The highest BCUT2D eigenvalue weighted by atomic mass is 16.5. The van der Waals surface area contributed by atoms with Gasteiger partial charge >= 0.3 is 0 Å². The smallest absolute Gasteiger partial charge is 0.234 e. The highest BCUT2D eigenvalue weighted by Gasteiger charge is 2.22. The van der Waals surface area contributed by atoms with Gasteiger partial charge in [0.2, 0.25) is 5.91 Å². The van der Waals surface area contributed by atoms with Crippen LogP contribution < -0.4 is 5.32 Å². The topological polar surface area (TPSA) is 54.0 Å². The summed E-state index contributed by atoms with van der Waals surface area (Å²) in [4.78, 5) is 16.0. The number of nitrogens with zero attached hydrogens (tertiary/aromatic N) is 2. The van der Waals surface area contributed by atoms with Crippen molar-refractivity contribution in [3.05, 3.63) is 0 Å². The van der Waals surface area contributed by atoms with E-state index in [4.69, 9.17) is 9.47 Å². The lowest BCUT2D eigenvalue weighted by Crippen LogP contribution is -2.49. The zero-order valence-corrected chi connectivity index (χ0v) is 12.4. The van der Waals surface area contributed by atoms with E-state index in [1.54, 1.807) is 7.11 Å². The van der Waals surface area contributed by atoms with E-state index in [1.807, 2.05) is 14.1 Å². The van der Waals surface area contributed by atoms with Crippen LogP contribution in [0.1, 0.15) is 6.42 Å². The van der Waals surface area contributed by atoms with Crippen molar-refractivity contribution in [1.29, 1.82) is 0 Å². The van der Waals surface area contributed by atoms with E-state index in [0.29, 0.717) is 26.3 Å². The van der Waals surface area contributed by atoms with Crippen LogP contribution in [0.25, 0.3) is 0 Å². The molecule has 1 amide bonds. The van der Waals surface area contributed by atoms with Crippen molar-refractivity contribution in [1.82, 2.24) is 15.1 Å². The molecule has 1 fully saturated rings. The lowest BCUT2D eigenvalue weighted by atomic mass is 10.2. The number of rotatable bonds is 8. The number of carbonyl (C=O) groups excluding carboxylic acids is 1. The lowest BCUT2D eigenvalue weighted by Gasteiger charge is -2.33. The summed E-state index contributed by atoms with van der Waals surface area (Å²) in [6, 6.07) is 0. The van der Waals surface area contributed by atoms with Crippen molar-refractivity contribution in [3.63, 3.8) is 0 Å². The molecule has 0 aliphatic carbocycles. The molecule has 0 aromatic heterocycles. The SMILES string of the molecule is COCCCNC(=O)CN1CCO[C@H](CN(C)C)C1. The third-order valence-corrected chi connectivity index (χ3v) is 3.01. The highest BCUT2D eigenvalue weighted by Crippen LogP contribution is 2.05. The van der Waals surface area contributed by atoms with E-state index in [0.717, 1.165) is 26.1 Å². The molecule has 6 nitrogen and oxygen atoms in total. The minimum Gasteiger partial charge on any atom is -0.385 e. The van der Waals surface area contributed by atoms with Crippen molar-refractivity contribution in [2.75, 3.05) is 67.1 Å². The highest BCUT2D eigenvalue weighted by molar-refractivity contribution is 5.77. The van der Waals surface area contributed by atoms with Gasteiger partial charge in [-0.05, 0) is 20.5 Å². The molecule has 1 rings (SSSR count). The normalized spacial score (nSPS) is 20.7. The van der Waals surface area contributed by atoms with Crippen LogP contribution in [0.3, 0.4) is 0 Å². The monoisotopic (exact) mass is 273 g/mol. The molecule has 1 aliphatic rings. The van der Waals surface area contributed by atoms with Crippen LogP contribution in [0, 0.1) is 0 Å². The van der Waals surface area contributed by atoms with Gasteiger partial charge in [0.05, 0.1) is 19.3 Å². The molecule has 6 heteroatoms. The minimum absolute atomic E-state index is 0.0848. The fraction of sp³-hybridized carbons (Fsp3) is 0.923. The van der Waals surface area contributed by atoms with Gasteiger partial charge in [-0.3, -0.25) is 9.69 Å². The molecule has 0 bridgehead atoms. The number of ether oxygens (including phenoxy) is 2. The standard InChI is InChI=1S/C13H27N3O3/c1-15(2)9-12-10-16(6-8-19-12)11-13(17)14-5-4-7-18-3/h12H,4-11H2,1-3H3,(H,14,17)/t12-/m1/s1. The Kier molecular flexibility index (Phi) is 7.97. The Hall–Kier alpha value is -0.690. The summed E-state index contributed by atoms with van der Waals surface area (Å²) in [7, 11) is 5.73. The van der Waals surface area contributed by atoms with Crippen molar-refractivity contribution >= 4 is 5.91 Å². The molecule has 19 heavy (non-hydrogen) atoms. The number of likely N-dealkylation sites (N-methyl/N-ethyl adjacent to an activating group) is 1. The van der Waals surface area contributed by atoms with E-state index in [-0.39, 0.29) is 12.0 Å². The molecule has 1 atom stereocenters. The van der Waals surface area contributed by atoms with Crippen LogP contribution in [0.5, 0.6) is 0 Å². The average molecular weight is 273 g/mol. The maximum atomic E-state index is 11.8. The summed E-state index contributed by atoms with van der Waals surface area (Å²) < 4.78 is 10.6. The first-order chi connectivity index (χ1) is 9.11. The first-order valence-electron chi connectivity index (χ1n) is 6.86. The number of hydrogen-bond acceptors (Lipinski definition) is 5. The van der Waals surface area contributed by atoms with Gasteiger partial charge in [-0.15, -0.1) is 0 Å². The molecule has 0 spiro atoms. The second kappa shape index (κ2) is 9.25. The number of amides is 1. The van der Waals surface area contributed by atoms with Gasteiger partial charge in [-0.1, -0.05) is 0 Å². The fourth-order valence-corrected chi connectivity index (χ4v) is 2.15. The molecule has 0 saturated carbocycles. The van der Waals surface area contributed by atoms with Gasteiger partial charge in [0.25, 0.3) is 0 Å². The molecule has 1 saturated heterocycles. The molecule has 1 N–H and O–H groups in total. The number of nitrogens with one attached hydrogen (secondary N) is 1. The second-order valence-corrected chi connectivity index (χ2v) is 5.19. The summed E-state index contributed by atoms with van der Waals surface area (Å²) in [5.74, 6) is 0.0848. The molecule has 1 aliphatic heterocycles. The van der Waals surface area contributed by atoms with Crippen LogP contribution in [0.4, 0.5) is 0 Å². The Morgan fingerprint density at radius 2 is 2.32 bits per heavy atom. The summed E-state index contributed by atoms with van der Waals surface area (Å²) in [5, 5.41) is 2.91. The van der Waals surface area contributed by atoms with Gasteiger partial charge < -0.3 is 19.7 Å². The summed E-state index contributed by atoms with van der Waals surface area (Å²) >= 11 is 0. The van der Waals surface area contributed by atoms with Crippen LogP contribution in [0.15, 0.2) is 0 Å². The molecule has 0 radical (unpaired) electrons. The third-order valence-electron chi connectivity index (χ3n) is 3.01. The van der Waals surface area contributed by atoms with Gasteiger partial charge in [0, 0.05) is 39.9 Å². The largest absolute Gasteiger partial charge is 0.385 e. The Labute approximate surface area is 116 Å². The van der Waals surface area contributed by atoms with E-state index in [2.05, 4.69) is 15.1 Å². The predicted octanol–water partition coefficient (Wildman–Crippen LogP) is -0.598. The lowest BCUT2D eigenvalue weighted by molar-refractivity contribution is -0.124. The molecule has 0 aromatic rings. The summed E-state index contributed by atoms with van der Waals surface area (Å²) in [6.07, 6.45) is 1.05. The Balaban J connectivity index is 2.18. The Bertz CT molecular complexity index is 262. The second-order valence-electron chi connectivity index (χ2n) is 5.19. The number of morpholine rings is 1. The summed E-state index contributed by atoms with van der Waals surface area (Å²) in [6.45, 7) is 5.07. The average Bonchev–Trinajstić information content (AvgIpc) is 2.34. The molecule has 1 heterocycles. The third kappa shape index (κ3) is 7.47. The molecular formula is C13H27N3O3. The zero-order chi connectivity index (χ0) is 14.1. The van der Waals surface area contributed by atoms with Crippen LogP contribution >= 0.6 is 0 Å². The molecule has 0 aromatic carbocycles. The first kappa shape index (κ1) is 16.4. The van der Waals surface area contributed by atoms with E-state index in [9.17, 15) is 4.79 Å². The predicted molar refractivity (Wildman–Crippen MR) is 74.2 cm³/mol. The van der Waals surface area contributed by atoms with Crippen molar-refractivity contribution in [3.8, 4) is 0 Å². The number of methoxy groups -OCH3 is 1. The maximum Gasteiger partial charge on any atom is 0.234 e. The molecule has 0 unspecified atom stereocenters. The zero-order valence-electron chi connectivity index (χ0n) is 12.4. The van der Waals surface area contributed by atoms with Crippen LogP contribution in [-0.4, -0.2) is 89.0 Å². The van der Waals surface area contributed by atoms with E-state index in [1.165, 1.54) is 0 Å². The molecule has 112 valence electrons. The van der Waals surface area contributed by atoms with Gasteiger partial charge in [0.1, 0.15) is 0 Å². The van der Waals surface area contributed by atoms with Crippen molar-refractivity contribution in [2.24, 2.45) is 0 Å². The Morgan fingerprint density at radius 1 is 1.53 bits per heavy atom.